The van der Waals surface area contributed by atoms with E-state index in [2.05, 4.69) is 16.9 Å². The van der Waals surface area contributed by atoms with Crippen LogP contribution in [0.2, 0.25) is 0 Å². The van der Waals surface area contributed by atoms with Gasteiger partial charge in [0.25, 0.3) is 0 Å². The number of hydrogen-bond acceptors (Lipinski definition) is 5. The molecule has 1 aliphatic rings. The maximum Gasteiger partial charge on any atom is 0.407 e. The minimum absolute atomic E-state index is 0.0502. The number of nitrogens with one attached hydrogen (secondary N) is 1. The van der Waals surface area contributed by atoms with E-state index in [9.17, 15) is 4.79 Å². The van der Waals surface area contributed by atoms with E-state index in [1.807, 2.05) is 87.5 Å². The SMILES string of the molecule is C=C(c1ccc(OCc2ccccc2)cc1)c1ccc(OC2CC(NC(=O)OC(C)(C)C)C2)cn1. The molecule has 1 N–H and O–H groups in total. The minimum atomic E-state index is -0.501. The summed E-state index contributed by atoms with van der Waals surface area (Å²) < 4.78 is 17.1. The van der Waals surface area contributed by atoms with Crippen molar-refractivity contribution in [3.63, 3.8) is 0 Å². The topological polar surface area (TPSA) is 69.7 Å². The molecule has 1 saturated carbocycles. The molecule has 0 unspecified atom stereocenters. The van der Waals surface area contributed by atoms with E-state index < -0.39 is 5.60 Å². The van der Waals surface area contributed by atoms with E-state index in [-0.39, 0.29) is 18.2 Å². The van der Waals surface area contributed by atoms with Crippen molar-refractivity contribution in [3.05, 3.63) is 96.3 Å². The Morgan fingerprint density at radius 2 is 1.69 bits per heavy atom. The van der Waals surface area contributed by atoms with Crippen LogP contribution in [0.15, 0.2) is 79.5 Å². The first-order valence-corrected chi connectivity index (χ1v) is 11.8. The minimum Gasteiger partial charge on any atom is -0.489 e. The van der Waals surface area contributed by atoms with Gasteiger partial charge in [-0.2, -0.15) is 0 Å². The van der Waals surface area contributed by atoms with Crippen molar-refractivity contribution in [2.75, 3.05) is 0 Å². The van der Waals surface area contributed by atoms with Gasteiger partial charge in [0.1, 0.15) is 29.8 Å². The molecule has 182 valence electrons. The zero-order chi connectivity index (χ0) is 24.8. The molecule has 6 heteroatoms. The smallest absolute Gasteiger partial charge is 0.407 e. The Morgan fingerprint density at radius 1 is 1.00 bits per heavy atom. The molecule has 1 heterocycles. The Kier molecular flexibility index (Phi) is 7.39. The summed E-state index contributed by atoms with van der Waals surface area (Å²) in [5.41, 5.74) is 3.22. The van der Waals surface area contributed by atoms with Gasteiger partial charge in [0.15, 0.2) is 0 Å². The van der Waals surface area contributed by atoms with Crippen molar-refractivity contribution in [1.29, 1.82) is 0 Å². The van der Waals surface area contributed by atoms with Crippen LogP contribution >= 0.6 is 0 Å². The van der Waals surface area contributed by atoms with Gasteiger partial charge in [0, 0.05) is 24.5 Å². The van der Waals surface area contributed by atoms with Crippen LogP contribution in [0.25, 0.3) is 5.57 Å². The average Bonchev–Trinajstić information content (AvgIpc) is 2.81. The van der Waals surface area contributed by atoms with E-state index in [0.717, 1.165) is 41.0 Å². The summed E-state index contributed by atoms with van der Waals surface area (Å²) in [6, 6.07) is 21.8. The fourth-order valence-electron chi connectivity index (χ4n) is 3.72. The van der Waals surface area contributed by atoms with Crippen molar-refractivity contribution in [1.82, 2.24) is 10.3 Å². The predicted molar refractivity (Wildman–Crippen MR) is 136 cm³/mol. The summed E-state index contributed by atoms with van der Waals surface area (Å²) in [4.78, 5) is 16.4. The summed E-state index contributed by atoms with van der Waals surface area (Å²) >= 11 is 0. The first-order valence-electron chi connectivity index (χ1n) is 11.8. The lowest BCUT2D eigenvalue weighted by molar-refractivity contribution is 0.0362. The van der Waals surface area contributed by atoms with Gasteiger partial charge < -0.3 is 19.5 Å². The molecule has 4 rings (SSSR count). The van der Waals surface area contributed by atoms with Gasteiger partial charge in [-0.3, -0.25) is 4.98 Å². The van der Waals surface area contributed by atoms with Crippen molar-refractivity contribution in [2.24, 2.45) is 0 Å². The molecule has 1 aromatic heterocycles. The second-order valence-electron chi connectivity index (χ2n) is 9.71. The number of benzene rings is 2. The normalized spacial score (nSPS) is 17.1. The van der Waals surface area contributed by atoms with Crippen LogP contribution in [0, 0.1) is 0 Å². The molecule has 0 spiro atoms. The number of hydrogen-bond donors (Lipinski definition) is 1. The molecule has 0 aliphatic heterocycles. The van der Waals surface area contributed by atoms with Crippen LogP contribution < -0.4 is 14.8 Å². The molecule has 0 radical (unpaired) electrons. The lowest BCUT2D eigenvalue weighted by Gasteiger charge is -2.36. The molecule has 0 saturated heterocycles. The fraction of sp³-hybridized carbons (Fsp3) is 0.310. The van der Waals surface area contributed by atoms with Gasteiger partial charge >= 0.3 is 6.09 Å². The highest BCUT2D eigenvalue weighted by Crippen LogP contribution is 2.28. The molecule has 0 atom stereocenters. The van der Waals surface area contributed by atoms with Crippen molar-refractivity contribution >= 4 is 11.7 Å². The highest BCUT2D eigenvalue weighted by Gasteiger charge is 2.33. The Bertz CT molecular complexity index is 1130. The number of carbonyl (C=O) groups excluding carboxylic acids is 1. The summed E-state index contributed by atoms with van der Waals surface area (Å²) in [5.74, 6) is 1.51. The molecule has 1 fully saturated rings. The second-order valence-corrected chi connectivity index (χ2v) is 9.71. The van der Waals surface area contributed by atoms with E-state index in [1.165, 1.54) is 0 Å². The zero-order valence-electron chi connectivity index (χ0n) is 20.5. The third-order valence-electron chi connectivity index (χ3n) is 5.62. The Labute approximate surface area is 207 Å². The third-order valence-corrected chi connectivity index (χ3v) is 5.62. The highest BCUT2D eigenvalue weighted by molar-refractivity contribution is 5.76. The van der Waals surface area contributed by atoms with Gasteiger partial charge in [-0.15, -0.1) is 0 Å². The Morgan fingerprint density at radius 3 is 2.31 bits per heavy atom. The molecule has 35 heavy (non-hydrogen) atoms. The molecular formula is C29H32N2O4. The van der Waals surface area contributed by atoms with Gasteiger partial charge in [0.05, 0.1) is 11.9 Å². The molecule has 3 aromatic rings. The highest BCUT2D eigenvalue weighted by atomic mass is 16.6. The summed E-state index contributed by atoms with van der Waals surface area (Å²) in [5, 5.41) is 2.87. The van der Waals surface area contributed by atoms with Crippen LogP contribution in [-0.4, -0.2) is 28.8 Å². The van der Waals surface area contributed by atoms with Gasteiger partial charge in [-0.25, -0.2) is 4.79 Å². The zero-order valence-corrected chi connectivity index (χ0v) is 20.5. The second kappa shape index (κ2) is 10.6. The lowest BCUT2D eigenvalue weighted by Crippen LogP contribution is -2.50. The molecule has 6 nitrogen and oxygen atoms in total. The quantitative estimate of drug-likeness (QED) is 0.425. The van der Waals surface area contributed by atoms with Crippen LogP contribution in [0.5, 0.6) is 11.5 Å². The Balaban J connectivity index is 1.23. The van der Waals surface area contributed by atoms with E-state index in [0.29, 0.717) is 12.4 Å². The van der Waals surface area contributed by atoms with E-state index in [4.69, 9.17) is 14.2 Å². The first-order chi connectivity index (χ1) is 16.7. The number of nitrogens with zero attached hydrogens (tertiary/aromatic N) is 1. The molecule has 1 aliphatic carbocycles. The van der Waals surface area contributed by atoms with Crippen LogP contribution in [0.1, 0.15) is 50.4 Å². The van der Waals surface area contributed by atoms with E-state index in [1.54, 1.807) is 6.20 Å². The third kappa shape index (κ3) is 7.09. The summed E-state index contributed by atoms with van der Waals surface area (Å²) in [6.45, 7) is 10.3. The first kappa shape index (κ1) is 24.3. The monoisotopic (exact) mass is 472 g/mol. The molecule has 2 aromatic carbocycles. The molecule has 1 amide bonds. The number of pyridine rings is 1. The summed E-state index contributed by atoms with van der Waals surface area (Å²) in [7, 11) is 0. The van der Waals surface area contributed by atoms with Crippen molar-refractivity contribution < 1.29 is 19.0 Å². The fourth-order valence-corrected chi connectivity index (χ4v) is 3.72. The standard InChI is InChI=1S/C29H32N2O4/c1-20(22-10-12-24(13-11-22)33-19-21-8-6-5-7-9-21)27-15-14-25(18-30-27)34-26-16-23(17-26)31-28(32)35-29(2,3)4/h5-15,18,23,26H,1,16-17,19H2,2-4H3,(H,31,32). The largest absolute Gasteiger partial charge is 0.489 e. The average molecular weight is 473 g/mol. The number of alkyl carbamates (subject to hydrolysis) is 1. The van der Waals surface area contributed by atoms with Gasteiger partial charge in [-0.1, -0.05) is 49.0 Å². The number of ether oxygens (including phenoxy) is 3. The number of amides is 1. The van der Waals surface area contributed by atoms with Crippen LogP contribution in [-0.2, 0) is 11.3 Å². The Hall–Kier alpha value is -3.80. The lowest BCUT2D eigenvalue weighted by atomic mass is 9.89. The molecular weight excluding hydrogens is 440 g/mol. The predicted octanol–water partition coefficient (Wildman–Crippen LogP) is 6.16. The summed E-state index contributed by atoms with van der Waals surface area (Å²) in [6.07, 6.45) is 2.86. The number of rotatable bonds is 8. The van der Waals surface area contributed by atoms with Crippen molar-refractivity contribution in [3.8, 4) is 11.5 Å². The van der Waals surface area contributed by atoms with Gasteiger partial charge in [-0.05, 0) is 56.2 Å². The number of carbonyl (C=O) groups is 1. The maximum atomic E-state index is 11.9. The van der Waals surface area contributed by atoms with E-state index >= 15 is 0 Å². The number of aromatic nitrogens is 1. The van der Waals surface area contributed by atoms with Crippen molar-refractivity contribution in [2.45, 2.75) is 58.0 Å². The maximum absolute atomic E-state index is 11.9. The van der Waals surface area contributed by atoms with Crippen LogP contribution in [0.3, 0.4) is 0 Å². The van der Waals surface area contributed by atoms with Crippen LogP contribution in [0.4, 0.5) is 4.79 Å². The molecule has 0 bridgehead atoms. The van der Waals surface area contributed by atoms with Gasteiger partial charge in [0.2, 0.25) is 0 Å².